The van der Waals surface area contributed by atoms with Gasteiger partial charge in [-0.25, -0.2) is 0 Å². The fourth-order valence-corrected chi connectivity index (χ4v) is 2.44. The van der Waals surface area contributed by atoms with Gasteiger partial charge in [-0.3, -0.25) is 4.79 Å². The normalized spacial score (nSPS) is 23.3. The predicted octanol–water partition coefficient (Wildman–Crippen LogP) is 2.65. The topological polar surface area (TPSA) is 38.3 Å². The number of ether oxygens (including phenoxy) is 1. The van der Waals surface area contributed by atoms with E-state index in [0.717, 1.165) is 13.0 Å². The zero-order valence-electron chi connectivity index (χ0n) is 11.3. The summed E-state index contributed by atoms with van der Waals surface area (Å²) in [6.45, 7) is 6.94. The van der Waals surface area contributed by atoms with Crippen molar-refractivity contribution in [1.82, 2.24) is 5.32 Å². The minimum absolute atomic E-state index is 0.0712. The van der Waals surface area contributed by atoms with Gasteiger partial charge in [0.05, 0.1) is 11.7 Å². The molecule has 0 aliphatic carbocycles. The van der Waals surface area contributed by atoms with Crippen molar-refractivity contribution in [2.75, 3.05) is 6.54 Å². The van der Waals surface area contributed by atoms with Gasteiger partial charge >= 0.3 is 0 Å². The number of nitrogens with one attached hydrogen (secondary N) is 1. The van der Waals surface area contributed by atoms with Gasteiger partial charge in [0, 0.05) is 12.0 Å². The molecule has 1 saturated heterocycles. The van der Waals surface area contributed by atoms with E-state index < -0.39 is 0 Å². The molecule has 1 N–H and O–H groups in total. The van der Waals surface area contributed by atoms with Crippen LogP contribution in [0.15, 0.2) is 24.3 Å². The number of hydrogen-bond donors (Lipinski definition) is 1. The molecule has 1 aromatic carbocycles. The van der Waals surface area contributed by atoms with Crippen LogP contribution in [0.1, 0.15) is 37.6 Å². The van der Waals surface area contributed by atoms with Crippen molar-refractivity contribution < 1.29 is 9.53 Å². The van der Waals surface area contributed by atoms with Gasteiger partial charge in [0.25, 0.3) is 0 Å². The largest absolute Gasteiger partial charge is 0.490 e. The maximum absolute atomic E-state index is 12.5. The van der Waals surface area contributed by atoms with Crippen molar-refractivity contribution in [1.29, 1.82) is 0 Å². The maximum atomic E-state index is 12.5. The number of ketones is 1. The van der Waals surface area contributed by atoms with Crippen LogP contribution in [0.5, 0.6) is 5.75 Å². The third kappa shape index (κ3) is 2.72. The second kappa shape index (κ2) is 5.53. The number of rotatable bonds is 4. The van der Waals surface area contributed by atoms with E-state index in [2.05, 4.69) is 12.2 Å². The van der Waals surface area contributed by atoms with E-state index in [4.69, 9.17) is 4.74 Å². The summed E-state index contributed by atoms with van der Waals surface area (Å²) < 4.78 is 5.72. The zero-order valence-corrected chi connectivity index (χ0v) is 11.3. The van der Waals surface area contributed by atoms with Crippen LogP contribution in [0.2, 0.25) is 0 Å². The minimum Gasteiger partial charge on any atom is -0.490 e. The zero-order chi connectivity index (χ0) is 13.1. The van der Waals surface area contributed by atoms with Crippen LogP contribution < -0.4 is 10.1 Å². The third-order valence-electron chi connectivity index (χ3n) is 3.38. The van der Waals surface area contributed by atoms with E-state index in [1.54, 1.807) is 0 Å². The van der Waals surface area contributed by atoms with Gasteiger partial charge in [0.2, 0.25) is 0 Å². The van der Waals surface area contributed by atoms with Crippen molar-refractivity contribution in [2.45, 2.75) is 39.3 Å². The Bertz CT molecular complexity index is 428. The Morgan fingerprint density at radius 1 is 1.39 bits per heavy atom. The summed E-state index contributed by atoms with van der Waals surface area (Å²) in [6.07, 6.45) is 0.994. The van der Waals surface area contributed by atoms with Crippen LogP contribution in [0.4, 0.5) is 0 Å². The van der Waals surface area contributed by atoms with Crippen molar-refractivity contribution in [2.24, 2.45) is 5.92 Å². The summed E-state index contributed by atoms with van der Waals surface area (Å²) in [6, 6.07) is 7.80. The lowest BCUT2D eigenvalue weighted by atomic mass is 9.91. The van der Waals surface area contributed by atoms with E-state index in [1.807, 2.05) is 38.1 Å². The Morgan fingerprint density at radius 3 is 2.72 bits per heavy atom. The molecule has 0 radical (unpaired) electrons. The molecule has 0 spiro atoms. The molecule has 1 aliphatic rings. The van der Waals surface area contributed by atoms with E-state index in [0.29, 0.717) is 11.3 Å². The highest BCUT2D eigenvalue weighted by molar-refractivity contribution is 6.00. The highest BCUT2D eigenvalue weighted by Crippen LogP contribution is 2.27. The lowest BCUT2D eigenvalue weighted by Crippen LogP contribution is -2.28. The molecule has 98 valence electrons. The molecule has 3 heteroatoms. The Hall–Kier alpha value is -1.35. The number of carbonyl (C=O) groups is 1. The number of benzene rings is 1. The van der Waals surface area contributed by atoms with Gasteiger partial charge in [-0.15, -0.1) is 0 Å². The summed E-state index contributed by atoms with van der Waals surface area (Å²) in [5.41, 5.74) is 0.715. The van der Waals surface area contributed by atoms with Crippen LogP contribution in [-0.2, 0) is 0 Å². The molecule has 1 fully saturated rings. The van der Waals surface area contributed by atoms with Crippen molar-refractivity contribution >= 4 is 5.78 Å². The minimum atomic E-state index is 0.0712. The molecule has 2 atom stereocenters. The Morgan fingerprint density at radius 2 is 2.11 bits per heavy atom. The summed E-state index contributed by atoms with van der Waals surface area (Å²) in [4.78, 5) is 12.5. The van der Waals surface area contributed by atoms with Gasteiger partial charge < -0.3 is 10.1 Å². The van der Waals surface area contributed by atoms with Crippen LogP contribution in [0, 0.1) is 5.92 Å². The maximum Gasteiger partial charge on any atom is 0.171 e. The molecule has 0 saturated carbocycles. The van der Waals surface area contributed by atoms with Gasteiger partial charge in [0.15, 0.2) is 5.78 Å². The Kier molecular flexibility index (Phi) is 4.02. The number of Topliss-reactive ketones (excluding diaryl/α,β-unsaturated/α-hetero) is 1. The van der Waals surface area contributed by atoms with Crippen LogP contribution in [-0.4, -0.2) is 24.5 Å². The fraction of sp³-hybridized carbons (Fsp3) is 0.533. The molecule has 2 rings (SSSR count). The molecule has 18 heavy (non-hydrogen) atoms. The van der Waals surface area contributed by atoms with E-state index in [-0.39, 0.29) is 23.8 Å². The van der Waals surface area contributed by atoms with Gasteiger partial charge in [-0.05, 0) is 45.9 Å². The van der Waals surface area contributed by atoms with Crippen molar-refractivity contribution in [3.63, 3.8) is 0 Å². The first-order chi connectivity index (χ1) is 8.59. The molecular formula is C15H21NO2. The van der Waals surface area contributed by atoms with Crippen LogP contribution in [0.3, 0.4) is 0 Å². The lowest BCUT2D eigenvalue weighted by molar-refractivity contribution is 0.0908. The van der Waals surface area contributed by atoms with Crippen LogP contribution >= 0.6 is 0 Å². The monoisotopic (exact) mass is 247 g/mol. The Balaban J connectivity index is 2.24. The molecular weight excluding hydrogens is 226 g/mol. The third-order valence-corrected chi connectivity index (χ3v) is 3.38. The molecule has 3 nitrogen and oxygen atoms in total. The molecule has 0 bridgehead atoms. The fourth-order valence-electron chi connectivity index (χ4n) is 2.44. The molecule has 1 aromatic rings. The van der Waals surface area contributed by atoms with Crippen LogP contribution in [0.25, 0.3) is 0 Å². The second-order valence-corrected chi connectivity index (χ2v) is 5.16. The summed E-state index contributed by atoms with van der Waals surface area (Å²) in [7, 11) is 0. The summed E-state index contributed by atoms with van der Waals surface area (Å²) in [5.74, 6) is 0.974. The SMILES string of the molecule is CC(C)Oc1ccccc1C(=O)C1CCNC1C. The summed E-state index contributed by atoms with van der Waals surface area (Å²) >= 11 is 0. The molecule has 0 aromatic heterocycles. The Labute approximate surface area is 109 Å². The first-order valence-corrected chi connectivity index (χ1v) is 6.63. The average Bonchev–Trinajstić information content (AvgIpc) is 2.74. The van der Waals surface area contributed by atoms with E-state index >= 15 is 0 Å². The predicted molar refractivity (Wildman–Crippen MR) is 72.1 cm³/mol. The highest BCUT2D eigenvalue weighted by Gasteiger charge is 2.31. The van der Waals surface area contributed by atoms with Crippen molar-refractivity contribution in [3.8, 4) is 5.75 Å². The quantitative estimate of drug-likeness (QED) is 0.831. The molecule has 0 amide bonds. The molecule has 1 aliphatic heterocycles. The van der Waals surface area contributed by atoms with Gasteiger partial charge in [0.1, 0.15) is 5.75 Å². The molecule has 1 heterocycles. The number of para-hydroxylation sites is 1. The smallest absolute Gasteiger partial charge is 0.171 e. The van der Waals surface area contributed by atoms with Gasteiger partial charge in [-0.1, -0.05) is 12.1 Å². The van der Waals surface area contributed by atoms with E-state index in [1.165, 1.54) is 0 Å². The summed E-state index contributed by atoms with van der Waals surface area (Å²) in [5, 5.41) is 3.32. The van der Waals surface area contributed by atoms with Crippen molar-refractivity contribution in [3.05, 3.63) is 29.8 Å². The number of hydrogen-bond acceptors (Lipinski definition) is 3. The lowest BCUT2D eigenvalue weighted by Gasteiger charge is -2.17. The standard InChI is InChI=1S/C15H21NO2/c1-10(2)18-14-7-5-4-6-13(14)15(17)12-8-9-16-11(12)3/h4-7,10-12,16H,8-9H2,1-3H3. The van der Waals surface area contributed by atoms with Gasteiger partial charge in [-0.2, -0.15) is 0 Å². The second-order valence-electron chi connectivity index (χ2n) is 5.16. The first-order valence-electron chi connectivity index (χ1n) is 6.63. The number of carbonyl (C=O) groups excluding carboxylic acids is 1. The average molecular weight is 247 g/mol. The first kappa shape index (κ1) is 13.1. The van der Waals surface area contributed by atoms with E-state index in [9.17, 15) is 4.79 Å². The highest BCUT2D eigenvalue weighted by atomic mass is 16.5. The molecule has 2 unspecified atom stereocenters.